The minimum atomic E-state index is 0.153. The number of likely N-dealkylation sites (N-methyl/N-ethyl adjacent to an activating group) is 1. The fraction of sp³-hybridized carbons (Fsp3) is 0.500. The Labute approximate surface area is 62.0 Å². The fourth-order valence-electron chi connectivity index (χ4n) is 1.13. The summed E-state index contributed by atoms with van der Waals surface area (Å²) in [6.45, 7) is 0. The van der Waals surface area contributed by atoms with Gasteiger partial charge in [-0.15, -0.1) is 0 Å². The van der Waals surface area contributed by atoms with Gasteiger partial charge in [-0.3, -0.25) is 0 Å². The molecule has 1 aliphatic rings. The largest absolute Gasteiger partial charge is 0.323 e. The van der Waals surface area contributed by atoms with E-state index in [1.165, 1.54) is 0 Å². The number of nitrogens with two attached hydrogens (primary N) is 1. The Kier molecular flexibility index (Phi) is 2.25. The fourth-order valence-corrected chi connectivity index (χ4v) is 1.13. The van der Waals surface area contributed by atoms with Gasteiger partial charge in [0.15, 0.2) is 0 Å². The zero-order chi connectivity index (χ0) is 7.56. The van der Waals surface area contributed by atoms with Gasteiger partial charge in [0.2, 0.25) is 0 Å². The minimum Gasteiger partial charge on any atom is -0.323 e. The van der Waals surface area contributed by atoms with Gasteiger partial charge >= 0.3 is 0 Å². The summed E-state index contributed by atoms with van der Waals surface area (Å²) < 4.78 is 0. The summed E-state index contributed by atoms with van der Waals surface area (Å²) in [6, 6.07) is 0.519. The van der Waals surface area contributed by atoms with Crippen LogP contribution >= 0.6 is 0 Å². The maximum Gasteiger partial charge on any atom is 0.0463 e. The lowest BCUT2D eigenvalue weighted by Crippen LogP contribution is -2.42. The average molecular weight is 138 g/mol. The molecule has 10 heavy (non-hydrogen) atoms. The van der Waals surface area contributed by atoms with Crippen LogP contribution in [0, 0.1) is 0 Å². The standard InChI is InChI=1S/C8H14N2/c1-10(2)8-6-4-3-5-7(8)9/h3-8H,9H2,1-2H3. The molecule has 0 heterocycles. The number of rotatable bonds is 1. The van der Waals surface area contributed by atoms with Gasteiger partial charge in [-0.1, -0.05) is 24.3 Å². The Balaban J connectivity index is 2.61. The second-order valence-electron chi connectivity index (χ2n) is 2.80. The number of hydrogen-bond acceptors (Lipinski definition) is 2. The lowest BCUT2D eigenvalue weighted by atomic mass is 10.0. The molecule has 2 heteroatoms. The number of hydrogen-bond donors (Lipinski definition) is 1. The van der Waals surface area contributed by atoms with Gasteiger partial charge in [-0.25, -0.2) is 0 Å². The first-order valence-corrected chi connectivity index (χ1v) is 3.49. The molecule has 0 aromatic heterocycles. The molecule has 0 saturated heterocycles. The molecule has 0 radical (unpaired) electrons. The third-order valence-corrected chi connectivity index (χ3v) is 1.74. The van der Waals surface area contributed by atoms with Crippen LogP contribution in [0.25, 0.3) is 0 Å². The van der Waals surface area contributed by atoms with Crippen molar-refractivity contribution in [3.8, 4) is 0 Å². The molecule has 56 valence electrons. The van der Waals surface area contributed by atoms with Crippen LogP contribution in [-0.2, 0) is 0 Å². The Hall–Kier alpha value is -0.600. The molecule has 2 unspecified atom stereocenters. The van der Waals surface area contributed by atoms with Gasteiger partial charge in [0, 0.05) is 12.1 Å². The van der Waals surface area contributed by atoms with Gasteiger partial charge in [-0.2, -0.15) is 0 Å². The van der Waals surface area contributed by atoms with Gasteiger partial charge < -0.3 is 10.6 Å². The quantitative estimate of drug-likeness (QED) is 0.567. The molecule has 0 saturated carbocycles. The summed E-state index contributed by atoms with van der Waals surface area (Å²) in [4.78, 5) is 2.12. The average Bonchev–Trinajstić information content (AvgIpc) is 1.88. The van der Waals surface area contributed by atoms with Crippen molar-refractivity contribution < 1.29 is 0 Å². The molecule has 0 amide bonds. The summed E-state index contributed by atoms with van der Waals surface area (Å²) in [6.07, 6.45) is 8.16. The van der Waals surface area contributed by atoms with Gasteiger partial charge in [0.05, 0.1) is 0 Å². The van der Waals surface area contributed by atoms with E-state index in [1.807, 2.05) is 32.3 Å². The first-order valence-electron chi connectivity index (χ1n) is 3.49. The Morgan fingerprint density at radius 2 is 1.80 bits per heavy atom. The highest BCUT2D eigenvalue weighted by Gasteiger charge is 2.15. The lowest BCUT2D eigenvalue weighted by Gasteiger charge is -2.26. The molecule has 0 fully saturated rings. The van der Waals surface area contributed by atoms with Crippen molar-refractivity contribution in [3.63, 3.8) is 0 Å². The second-order valence-corrected chi connectivity index (χ2v) is 2.80. The zero-order valence-electron chi connectivity index (χ0n) is 6.49. The van der Waals surface area contributed by atoms with Crippen LogP contribution in [0.2, 0.25) is 0 Å². The van der Waals surface area contributed by atoms with Crippen molar-refractivity contribution in [2.45, 2.75) is 12.1 Å². The Bertz CT molecular complexity index is 159. The molecule has 2 N–H and O–H groups in total. The molecule has 0 aromatic carbocycles. The van der Waals surface area contributed by atoms with Crippen molar-refractivity contribution in [1.29, 1.82) is 0 Å². The van der Waals surface area contributed by atoms with Crippen LogP contribution in [0.15, 0.2) is 24.3 Å². The summed E-state index contributed by atoms with van der Waals surface area (Å²) in [7, 11) is 4.07. The molecule has 1 aliphatic carbocycles. The molecular weight excluding hydrogens is 124 g/mol. The van der Waals surface area contributed by atoms with E-state index in [2.05, 4.69) is 11.0 Å². The summed E-state index contributed by atoms with van der Waals surface area (Å²) in [5, 5.41) is 0. The minimum absolute atomic E-state index is 0.153. The molecule has 0 spiro atoms. The topological polar surface area (TPSA) is 29.3 Å². The number of nitrogens with zero attached hydrogens (tertiary/aromatic N) is 1. The first-order chi connectivity index (χ1) is 4.72. The monoisotopic (exact) mass is 138 g/mol. The molecule has 0 aliphatic heterocycles. The molecule has 0 aromatic rings. The van der Waals surface area contributed by atoms with E-state index in [0.717, 1.165) is 0 Å². The van der Waals surface area contributed by atoms with E-state index < -0.39 is 0 Å². The van der Waals surface area contributed by atoms with Crippen LogP contribution in [0.5, 0.6) is 0 Å². The Morgan fingerprint density at radius 1 is 1.20 bits per heavy atom. The SMILES string of the molecule is CN(C)C1C=CC=CC1N. The Morgan fingerprint density at radius 3 is 2.20 bits per heavy atom. The smallest absolute Gasteiger partial charge is 0.0463 e. The van der Waals surface area contributed by atoms with E-state index in [9.17, 15) is 0 Å². The zero-order valence-corrected chi connectivity index (χ0v) is 6.49. The van der Waals surface area contributed by atoms with Crippen molar-refractivity contribution in [3.05, 3.63) is 24.3 Å². The molecule has 2 nitrogen and oxygen atoms in total. The van der Waals surface area contributed by atoms with E-state index >= 15 is 0 Å². The van der Waals surface area contributed by atoms with Crippen LogP contribution in [0.1, 0.15) is 0 Å². The van der Waals surface area contributed by atoms with Gasteiger partial charge in [-0.05, 0) is 14.1 Å². The summed E-state index contributed by atoms with van der Waals surface area (Å²) in [5.41, 5.74) is 5.80. The number of allylic oxidation sites excluding steroid dienone is 2. The maximum atomic E-state index is 5.80. The third kappa shape index (κ3) is 1.46. The molecule has 1 rings (SSSR count). The summed E-state index contributed by atoms with van der Waals surface area (Å²) >= 11 is 0. The van der Waals surface area contributed by atoms with Gasteiger partial charge in [0.1, 0.15) is 0 Å². The normalized spacial score (nSPS) is 31.6. The highest BCUT2D eigenvalue weighted by Crippen LogP contribution is 2.06. The van der Waals surface area contributed by atoms with Crippen LogP contribution in [0.3, 0.4) is 0 Å². The van der Waals surface area contributed by atoms with Crippen LogP contribution in [0.4, 0.5) is 0 Å². The van der Waals surface area contributed by atoms with Gasteiger partial charge in [0.25, 0.3) is 0 Å². The highest BCUT2D eigenvalue weighted by atomic mass is 15.1. The van der Waals surface area contributed by atoms with Crippen molar-refractivity contribution in [2.75, 3.05) is 14.1 Å². The molecular formula is C8H14N2. The summed E-state index contributed by atoms with van der Waals surface area (Å²) in [5.74, 6) is 0. The second kappa shape index (κ2) is 2.99. The van der Waals surface area contributed by atoms with E-state index in [-0.39, 0.29) is 6.04 Å². The van der Waals surface area contributed by atoms with E-state index in [1.54, 1.807) is 0 Å². The third-order valence-electron chi connectivity index (χ3n) is 1.74. The van der Waals surface area contributed by atoms with E-state index in [0.29, 0.717) is 6.04 Å². The first kappa shape index (κ1) is 7.51. The predicted molar refractivity (Wildman–Crippen MR) is 43.7 cm³/mol. The predicted octanol–water partition coefficient (Wildman–Crippen LogP) is 0.370. The highest BCUT2D eigenvalue weighted by molar-refractivity contribution is 5.19. The van der Waals surface area contributed by atoms with E-state index in [4.69, 9.17) is 5.73 Å². The van der Waals surface area contributed by atoms with Crippen molar-refractivity contribution in [2.24, 2.45) is 5.73 Å². The van der Waals surface area contributed by atoms with Crippen LogP contribution in [-0.4, -0.2) is 31.1 Å². The maximum absolute atomic E-state index is 5.80. The lowest BCUT2D eigenvalue weighted by molar-refractivity contribution is 0.321. The molecule has 0 bridgehead atoms. The molecule has 2 atom stereocenters. The van der Waals surface area contributed by atoms with Crippen molar-refractivity contribution in [1.82, 2.24) is 4.90 Å². The van der Waals surface area contributed by atoms with Crippen LogP contribution < -0.4 is 5.73 Å². The van der Waals surface area contributed by atoms with Crippen molar-refractivity contribution >= 4 is 0 Å².